The normalized spacial score (nSPS) is 16.9. The van der Waals surface area contributed by atoms with Gasteiger partial charge < -0.3 is 20.6 Å². The lowest BCUT2D eigenvalue weighted by Crippen LogP contribution is -2.44. The van der Waals surface area contributed by atoms with Gasteiger partial charge in [0.25, 0.3) is 0 Å². The quantitative estimate of drug-likeness (QED) is 0.372. The first kappa shape index (κ1) is 21.5. The Morgan fingerprint density at radius 3 is 2.60 bits per heavy atom. The van der Waals surface area contributed by atoms with Crippen molar-refractivity contribution < 1.29 is 0 Å². The number of aromatic nitrogens is 6. The van der Waals surface area contributed by atoms with Gasteiger partial charge in [-0.15, -0.1) is 0 Å². The van der Waals surface area contributed by atoms with Gasteiger partial charge in [0.1, 0.15) is 12.1 Å². The fourth-order valence-electron chi connectivity index (χ4n) is 4.88. The van der Waals surface area contributed by atoms with Gasteiger partial charge in [0.15, 0.2) is 5.82 Å². The summed E-state index contributed by atoms with van der Waals surface area (Å²) < 4.78 is 0. The second kappa shape index (κ2) is 9.34. The Labute approximate surface area is 203 Å². The summed E-state index contributed by atoms with van der Waals surface area (Å²) in [6.45, 7) is 3.64. The summed E-state index contributed by atoms with van der Waals surface area (Å²) in [6, 6.07) is 2.02. The van der Waals surface area contributed by atoms with Crippen molar-refractivity contribution in [3.8, 4) is 11.3 Å². The molecule has 1 saturated heterocycles. The molecule has 0 atom stereocenters. The summed E-state index contributed by atoms with van der Waals surface area (Å²) >= 11 is 0. The predicted octanol–water partition coefficient (Wildman–Crippen LogP) is 3.57. The number of pyridine rings is 1. The summed E-state index contributed by atoms with van der Waals surface area (Å²) in [7, 11) is 0. The number of hydrogen-bond donors (Lipinski definition) is 3. The van der Waals surface area contributed by atoms with Crippen LogP contribution in [-0.4, -0.2) is 62.3 Å². The topological polar surface area (TPSA) is 119 Å². The Bertz CT molecular complexity index is 1380. The molecular formula is C26H27N9. The summed E-state index contributed by atoms with van der Waals surface area (Å²) in [5.41, 5.74) is 5.60. The van der Waals surface area contributed by atoms with Gasteiger partial charge in [-0.2, -0.15) is 0 Å². The molecule has 2 aliphatic rings. The molecule has 0 bridgehead atoms. The van der Waals surface area contributed by atoms with Crippen LogP contribution in [0.5, 0.6) is 0 Å². The van der Waals surface area contributed by atoms with E-state index in [1.807, 2.05) is 24.7 Å². The molecule has 1 aliphatic carbocycles. The maximum atomic E-state index is 7.82. The highest BCUT2D eigenvalue weighted by Gasteiger charge is 2.27. The maximum Gasteiger partial charge on any atom is 0.162 e. The number of H-pyrrole nitrogens is 1. The van der Waals surface area contributed by atoms with Gasteiger partial charge in [-0.05, 0) is 36.5 Å². The number of hydrogen-bond acceptors (Lipinski definition) is 8. The number of anilines is 1. The Morgan fingerprint density at radius 1 is 1.03 bits per heavy atom. The van der Waals surface area contributed by atoms with E-state index in [-0.39, 0.29) is 0 Å². The lowest BCUT2D eigenvalue weighted by atomic mass is 9.79. The minimum Gasteiger partial charge on any atom is -0.360 e. The molecule has 6 rings (SSSR count). The average Bonchev–Trinajstić information content (AvgIpc) is 3.37. The first-order chi connectivity index (χ1) is 17.3. The third-order valence-corrected chi connectivity index (χ3v) is 6.94. The first-order valence-corrected chi connectivity index (χ1v) is 12.1. The van der Waals surface area contributed by atoms with Gasteiger partial charge in [-0.1, -0.05) is 6.42 Å². The van der Waals surface area contributed by atoms with E-state index in [9.17, 15) is 0 Å². The zero-order chi connectivity index (χ0) is 23.6. The molecule has 2 fully saturated rings. The predicted molar refractivity (Wildman–Crippen MR) is 137 cm³/mol. The van der Waals surface area contributed by atoms with E-state index in [1.165, 1.54) is 37.4 Å². The molecule has 0 spiro atoms. The summed E-state index contributed by atoms with van der Waals surface area (Å²) in [6.07, 6.45) is 17.5. The molecule has 35 heavy (non-hydrogen) atoms. The highest BCUT2D eigenvalue weighted by atomic mass is 15.2. The minimum absolute atomic E-state index is 0.527. The number of piperazine rings is 1. The van der Waals surface area contributed by atoms with E-state index in [0.29, 0.717) is 11.7 Å². The van der Waals surface area contributed by atoms with Crippen molar-refractivity contribution in [3.63, 3.8) is 0 Å². The fraction of sp³-hybridized carbons (Fsp3) is 0.308. The SMILES string of the molecule is N=C/C=C(\c1c[nH]c(-c2cncnc2)c1)c1nc(N2CCNCC2)c2c(C3CCC3)cncc2n1. The molecule has 9 nitrogen and oxygen atoms in total. The van der Waals surface area contributed by atoms with E-state index >= 15 is 0 Å². The Kier molecular flexibility index (Phi) is 5.75. The van der Waals surface area contributed by atoms with E-state index < -0.39 is 0 Å². The van der Waals surface area contributed by atoms with Crippen molar-refractivity contribution in [2.45, 2.75) is 25.2 Å². The third kappa shape index (κ3) is 4.08. The monoisotopic (exact) mass is 465 g/mol. The zero-order valence-electron chi connectivity index (χ0n) is 19.4. The van der Waals surface area contributed by atoms with Gasteiger partial charge >= 0.3 is 0 Å². The molecule has 5 heterocycles. The van der Waals surface area contributed by atoms with Crippen LogP contribution in [0.15, 0.2) is 49.5 Å². The van der Waals surface area contributed by atoms with Crippen LogP contribution in [0.3, 0.4) is 0 Å². The lowest BCUT2D eigenvalue weighted by Gasteiger charge is -2.32. The molecule has 1 saturated carbocycles. The van der Waals surface area contributed by atoms with Gasteiger partial charge in [-0.25, -0.2) is 19.9 Å². The number of nitrogens with one attached hydrogen (secondary N) is 3. The summed E-state index contributed by atoms with van der Waals surface area (Å²) in [4.78, 5) is 28.6. The van der Waals surface area contributed by atoms with Gasteiger partial charge in [-0.3, -0.25) is 4.98 Å². The van der Waals surface area contributed by atoms with Crippen molar-refractivity contribution in [2.24, 2.45) is 0 Å². The molecule has 176 valence electrons. The number of aromatic amines is 1. The Hall–Kier alpha value is -3.98. The molecule has 0 amide bonds. The van der Waals surface area contributed by atoms with Gasteiger partial charge in [0.2, 0.25) is 0 Å². The molecule has 4 aromatic heterocycles. The van der Waals surface area contributed by atoms with Crippen LogP contribution in [-0.2, 0) is 0 Å². The van der Waals surface area contributed by atoms with Crippen LogP contribution in [0, 0.1) is 5.41 Å². The fourth-order valence-corrected chi connectivity index (χ4v) is 4.88. The number of nitrogens with zero attached hydrogens (tertiary/aromatic N) is 6. The van der Waals surface area contributed by atoms with Crippen LogP contribution < -0.4 is 10.2 Å². The maximum absolute atomic E-state index is 7.82. The van der Waals surface area contributed by atoms with E-state index in [4.69, 9.17) is 15.4 Å². The van der Waals surface area contributed by atoms with Crippen molar-refractivity contribution >= 4 is 28.5 Å². The molecular weight excluding hydrogens is 438 g/mol. The highest BCUT2D eigenvalue weighted by Crippen LogP contribution is 2.42. The standard InChI is InChI=1S/C26H27N9/c27-5-4-20(18-10-22(32-13-18)19-11-30-16-31-12-19)25-33-23-15-29-14-21(17-2-1-3-17)24(23)26(34-25)35-8-6-28-7-9-35/h4-5,10-17,27-28,32H,1-3,6-9H2/b20-4+,27-5?. The molecule has 4 aromatic rings. The van der Waals surface area contributed by atoms with Gasteiger partial charge in [0, 0.05) is 85.0 Å². The molecule has 0 aromatic carbocycles. The highest BCUT2D eigenvalue weighted by molar-refractivity contribution is 5.96. The van der Waals surface area contributed by atoms with Crippen molar-refractivity contribution in [3.05, 3.63) is 66.4 Å². The first-order valence-electron chi connectivity index (χ1n) is 12.1. The number of rotatable bonds is 6. The van der Waals surface area contributed by atoms with Crippen LogP contribution >= 0.6 is 0 Å². The molecule has 0 radical (unpaired) electrons. The number of fused-ring (bicyclic) bond motifs is 1. The van der Waals surface area contributed by atoms with Crippen LogP contribution in [0.25, 0.3) is 27.7 Å². The van der Waals surface area contributed by atoms with Gasteiger partial charge in [0.05, 0.1) is 11.7 Å². The zero-order valence-corrected chi connectivity index (χ0v) is 19.4. The summed E-state index contributed by atoms with van der Waals surface area (Å²) in [5.74, 6) is 2.09. The summed E-state index contributed by atoms with van der Waals surface area (Å²) in [5, 5.41) is 12.4. The number of allylic oxidation sites excluding steroid dienone is 1. The smallest absolute Gasteiger partial charge is 0.162 e. The van der Waals surface area contributed by atoms with E-state index in [1.54, 1.807) is 18.5 Å². The average molecular weight is 466 g/mol. The van der Waals surface area contributed by atoms with Crippen molar-refractivity contribution in [1.29, 1.82) is 5.41 Å². The molecule has 9 heteroatoms. The molecule has 3 N–H and O–H groups in total. The Morgan fingerprint density at radius 2 is 1.86 bits per heavy atom. The lowest BCUT2D eigenvalue weighted by molar-refractivity contribution is 0.421. The van der Waals surface area contributed by atoms with Crippen LogP contribution in [0.1, 0.15) is 42.1 Å². The second-order valence-corrected chi connectivity index (χ2v) is 9.03. The van der Waals surface area contributed by atoms with Crippen LogP contribution in [0.4, 0.5) is 5.82 Å². The second-order valence-electron chi connectivity index (χ2n) is 9.03. The van der Waals surface area contributed by atoms with E-state index in [0.717, 1.165) is 65.3 Å². The molecule has 0 unspecified atom stereocenters. The van der Waals surface area contributed by atoms with Crippen molar-refractivity contribution in [1.82, 2.24) is 35.2 Å². The third-order valence-electron chi connectivity index (χ3n) is 6.94. The van der Waals surface area contributed by atoms with Crippen LogP contribution in [0.2, 0.25) is 0 Å². The Balaban J connectivity index is 1.49. The largest absolute Gasteiger partial charge is 0.360 e. The van der Waals surface area contributed by atoms with Crippen molar-refractivity contribution in [2.75, 3.05) is 31.1 Å². The van der Waals surface area contributed by atoms with E-state index in [2.05, 4.69) is 30.2 Å². The molecule has 1 aliphatic heterocycles. The minimum atomic E-state index is 0.527.